The van der Waals surface area contributed by atoms with Gasteiger partial charge in [0.1, 0.15) is 5.75 Å². The highest BCUT2D eigenvalue weighted by molar-refractivity contribution is 5.76. The van der Waals surface area contributed by atoms with Crippen LogP contribution < -0.4 is 10.1 Å². The van der Waals surface area contributed by atoms with Crippen LogP contribution in [0.5, 0.6) is 5.75 Å². The maximum absolute atomic E-state index is 11.8. The van der Waals surface area contributed by atoms with Crippen LogP contribution in [0, 0.1) is 0 Å². The summed E-state index contributed by atoms with van der Waals surface area (Å²) in [5, 5.41) is 11.4. The third kappa shape index (κ3) is 6.79. The fourth-order valence-electron chi connectivity index (χ4n) is 2.01. The van der Waals surface area contributed by atoms with E-state index >= 15 is 0 Å². The Labute approximate surface area is 125 Å². The molecule has 1 aromatic carbocycles. The van der Waals surface area contributed by atoms with Gasteiger partial charge in [-0.2, -0.15) is 0 Å². The molecule has 0 bridgehead atoms. The van der Waals surface area contributed by atoms with Crippen molar-refractivity contribution >= 4 is 11.9 Å². The van der Waals surface area contributed by atoms with E-state index in [4.69, 9.17) is 9.84 Å². The Balaban J connectivity index is 2.40. The van der Waals surface area contributed by atoms with Crippen LogP contribution in [0.2, 0.25) is 0 Å². The molecule has 116 valence electrons. The Hall–Kier alpha value is -2.04. The van der Waals surface area contributed by atoms with E-state index in [1.165, 1.54) is 0 Å². The highest BCUT2D eigenvalue weighted by atomic mass is 16.5. The van der Waals surface area contributed by atoms with Crippen LogP contribution in [0.3, 0.4) is 0 Å². The van der Waals surface area contributed by atoms with E-state index in [-0.39, 0.29) is 18.4 Å². The van der Waals surface area contributed by atoms with Gasteiger partial charge in [-0.3, -0.25) is 9.59 Å². The summed E-state index contributed by atoms with van der Waals surface area (Å²) in [6.45, 7) is 4.33. The largest absolute Gasteiger partial charge is 0.494 e. The number of carboxylic acids is 1. The summed E-state index contributed by atoms with van der Waals surface area (Å²) in [4.78, 5) is 22.3. The average Bonchev–Trinajstić information content (AvgIpc) is 2.44. The number of nitrogens with one attached hydrogen (secondary N) is 1. The molecular weight excluding hydrogens is 270 g/mol. The van der Waals surface area contributed by atoms with Gasteiger partial charge in [-0.15, -0.1) is 0 Å². The van der Waals surface area contributed by atoms with Crippen molar-refractivity contribution in [2.45, 2.75) is 45.6 Å². The van der Waals surface area contributed by atoms with Crippen molar-refractivity contribution in [1.29, 1.82) is 0 Å². The number of amides is 1. The number of aryl methyl sites for hydroxylation is 1. The van der Waals surface area contributed by atoms with Crippen LogP contribution in [-0.2, 0) is 16.0 Å². The van der Waals surface area contributed by atoms with E-state index in [1.54, 1.807) is 0 Å². The zero-order valence-electron chi connectivity index (χ0n) is 12.6. The highest BCUT2D eigenvalue weighted by Crippen LogP contribution is 2.19. The van der Waals surface area contributed by atoms with Crippen molar-refractivity contribution in [1.82, 2.24) is 5.32 Å². The summed E-state index contributed by atoms with van der Waals surface area (Å²) in [6.07, 6.45) is 1.47. The lowest BCUT2D eigenvalue weighted by Gasteiger charge is -2.13. The SMILES string of the molecule is CCOc1ccccc1CCC(=O)NC(C)CCC(=O)O. The maximum Gasteiger partial charge on any atom is 0.303 e. The van der Waals surface area contributed by atoms with E-state index in [1.807, 2.05) is 38.1 Å². The second-order valence-electron chi connectivity index (χ2n) is 4.94. The normalized spacial score (nSPS) is 11.7. The van der Waals surface area contributed by atoms with Crippen LogP contribution in [0.25, 0.3) is 0 Å². The van der Waals surface area contributed by atoms with Crippen LogP contribution in [-0.4, -0.2) is 29.6 Å². The fourth-order valence-corrected chi connectivity index (χ4v) is 2.01. The van der Waals surface area contributed by atoms with Gasteiger partial charge < -0.3 is 15.2 Å². The zero-order valence-corrected chi connectivity index (χ0v) is 12.6. The van der Waals surface area contributed by atoms with Gasteiger partial charge in [-0.05, 0) is 38.3 Å². The summed E-state index contributed by atoms with van der Waals surface area (Å²) in [5.74, 6) is -0.104. The summed E-state index contributed by atoms with van der Waals surface area (Å²) >= 11 is 0. The summed E-state index contributed by atoms with van der Waals surface area (Å²) in [7, 11) is 0. The molecule has 0 radical (unpaired) electrons. The smallest absolute Gasteiger partial charge is 0.303 e. The molecular formula is C16H23NO4. The molecule has 1 amide bonds. The molecule has 5 nitrogen and oxygen atoms in total. The van der Waals surface area contributed by atoms with Gasteiger partial charge in [0.15, 0.2) is 0 Å². The second-order valence-corrected chi connectivity index (χ2v) is 4.94. The van der Waals surface area contributed by atoms with Crippen molar-refractivity contribution < 1.29 is 19.4 Å². The van der Waals surface area contributed by atoms with Gasteiger partial charge in [0.25, 0.3) is 0 Å². The van der Waals surface area contributed by atoms with Crippen molar-refractivity contribution in [3.63, 3.8) is 0 Å². The average molecular weight is 293 g/mol. The summed E-state index contributed by atoms with van der Waals surface area (Å²) < 4.78 is 5.52. The Morgan fingerprint density at radius 3 is 2.67 bits per heavy atom. The van der Waals surface area contributed by atoms with Crippen LogP contribution in [0.15, 0.2) is 24.3 Å². The van der Waals surface area contributed by atoms with Crippen molar-refractivity contribution in [3.8, 4) is 5.75 Å². The molecule has 0 fully saturated rings. The molecule has 5 heteroatoms. The van der Waals surface area contributed by atoms with Gasteiger partial charge in [-0.25, -0.2) is 0 Å². The van der Waals surface area contributed by atoms with Gasteiger partial charge in [0, 0.05) is 18.9 Å². The molecule has 0 aliphatic heterocycles. The number of carbonyl (C=O) groups excluding carboxylic acids is 1. The predicted molar refractivity (Wildman–Crippen MR) is 80.4 cm³/mol. The van der Waals surface area contributed by atoms with Crippen LogP contribution in [0.4, 0.5) is 0 Å². The molecule has 0 saturated carbocycles. The maximum atomic E-state index is 11.8. The first-order chi connectivity index (χ1) is 10.0. The summed E-state index contributed by atoms with van der Waals surface area (Å²) in [5.41, 5.74) is 1.01. The van der Waals surface area contributed by atoms with E-state index in [0.29, 0.717) is 25.9 Å². The predicted octanol–water partition coefficient (Wildman–Crippen LogP) is 2.39. The first-order valence-corrected chi connectivity index (χ1v) is 7.24. The lowest BCUT2D eigenvalue weighted by Crippen LogP contribution is -2.33. The zero-order chi connectivity index (χ0) is 15.7. The van der Waals surface area contributed by atoms with Crippen molar-refractivity contribution in [3.05, 3.63) is 29.8 Å². The molecule has 0 aliphatic carbocycles. The first kappa shape index (κ1) is 17.0. The molecule has 0 saturated heterocycles. The minimum absolute atomic E-state index is 0.0641. The Morgan fingerprint density at radius 1 is 1.29 bits per heavy atom. The van der Waals surface area contributed by atoms with E-state index in [2.05, 4.69) is 5.32 Å². The molecule has 0 aliphatic rings. The topological polar surface area (TPSA) is 75.6 Å². The molecule has 0 spiro atoms. The number of para-hydroxylation sites is 1. The number of rotatable bonds is 9. The number of hydrogen-bond acceptors (Lipinski definition) is 3. The molecule has 1 rings (SSSR count). The van der Waals surface area contributed by atoms with Gasteiger partial charge in [-0.1, -0.05) is 18.2 Å². The van der Waals surface area contributed by atoms with Crippen LogP contribution >= 0.6 is 0 Å². The number of benzene rings is 1. The second kappa shape index (κ2) is 9.00. The number of ether oxygens (including phenoxy) is 1. The number of hydrogen-bond donors (Lipinski definition) is 2. The number of carbonyl (C=O) groups is 2. The van der Waals surface area contributed by atoms with Crippen molar-refractivity contribution in [2.75, 3.05) is 6.61 Å². The quantitative estimate of drug-likeness (QED) is 0.733. The monoisotopic (exact) mass is 293 g/mol. The molecule has 1 unspecified atom stereocenters. The van der Waals surface area contributed by atoms with E-state index < -0.39 is 5.97 Å². The third-order valence-corrected chi connectivity index (χ3v) is 3.09. The van der Waals surface area contributed by atoms with Crippen LogP contribution in [0.1, 0.15) is 38.7 Å². The third-order valence-electron chi connectivity index (χ3n) is 3.09. The fraction of sp³-hybridized carbons (Fsp3) is 0.500. The molecule has 1 atom stereocenters. The minimum atomic E-state index is -0.846. The van der Waals surface area contributed by atoms with Gasteiger partial charge >= 0.3 is 5.97 Å². The van der Waals surface area contributed by atoms with Gasteiger partial charge in [0.05, 0.1) is 6.61 Å². The Morgan fingerprint density at radius 2 is 2.00 bits per heavy atom. The van der Waals surface area contributed by atoms with E-state index in [9.17, 15) is 9.59 Å². The molecule has 0 heterocycles. The van der Waals surface area contributed by atoms with E-state index in [0.717, 1.165) is 11.3 Å². The van der Waals surface area contributed by atoms with Crippen molar-refractivity contribution in [2.24, 2.45) is 0 Å². The highest BCUT2D eigenvalue weighted by Gasteiger charge is 2.10. The lowest BCUT2D eigenvalue weighted by atomic mass is 10.1. The Bertz CT molecular complexity index is 473. The molecule has 2 N–H and O–H groups in total. The Kier molecular flexibility index (Phi) is 7.29. The summed E-state index contributed by atoms with van der Waals surface area (Å²) in [6, 6.07) is 7.54. The number of aliphatic carboxylic acids is 1. The lowest BCUT2D eigenvalue weighted by molar-refractivity contribution is -0.137. The minimum Gasteiger partial charge on any atom is -0.494 e. The van der Waals surface area contributed by atoms with Gasteiger partial charge in [0.2, 0.25) is 5.91 Å². The first-order valence-electron chi connectivity index (χ1n) is 7.24. The molecule has 0 aromatic heterocycles. The standard InChI is InChI=1S/C16H23NO4/c1-3-21-14-7-5-4-6-13(14)9-10-15(18)17-12(2)8-11-16(19)20/h4-7,12H,3,8-11H2,1-2H3,(H,17,18)(H,19,20). The molecule has 21 heavy (non-hydrogen) atoms. The number of carboxylic acid groups (broad SMARTS) is 1. The molecule has 1 aromatic rings.